The molecule has 0 atom stereocenters. The summed E-state index contributed by atoms with van der Waals surface area (Å²) in [6, 6.07) is 7.20. The first kappa shape index (κ1) is 26.5. The van der Waals surface area contributed by atoms with Crippen molar-refractivity contribution >= 4 is 33.4 Å². The van der Waals surface area contributed by atoms with Gasteiger partial charge in [0.15, 0.2) is 11.3 Å². The average molecular weight is 557 g/mol. The minimum absolute atomic E-state index is 0.146. The summed E-state index contributed by atoms with van der Waals surface area (Å²) in [5.74, 6) is 2.44. The van der Waals surface area contributed by atoms with E-state index in [1.807, 2.05) is 48.6 Å². The molecule has 0 saturated carbocycles. The lowest BCUT2D eigenvalue weighted by molar-refractivity contribution is 0.399. The number of fused-ring (bicyclic) bond motifs is 6. The highest BCUT2D eigenvalue weighted by atomic mass is 16.5. The van der Waals surface area contributed by atoms with Crippen LogP contribution >= 0.6 is 0 Å². The molecule has 0 aromatic carbocycles. The Bertz CT molecular complexity index is 1950. The molecular weight excluding hydrogens is 524 g/mol. The monoisotopic (exact) mass is 556 g/mol. The van der Waals surface area contributed by atoms with E-state index < -0.39 is 0 Å². The van der Waals surface area contributed by atoms with Gasteiger partial charge in [0.1, 0.15) is 22.7 Å². The Labute approximate surface area is 234 Å². The molecule has 0 aliphatic rings. The fourth-order valence-corrected chi connectivity index (χ4v) is 5.74. The number of ether oxygens (including phenoxy) is 2. The maximum Gasteiger partial charge on any atom is 0.277 e. The van der Waals surface area contributed by atoms with Crippen molar-refractivity contribution in [3.05, 3.63) is 68.0 Å². The quantitative estimate of drug-likeness (QED) is 0.280. The number of nitrogens with zero attached hydrogens (tertiary/aromatic N) is 8. The molecule has 6 heterocycles. The van der Waals surface area contributed by atoms with Crippen molar-refractivity contribution < 1.29 is 9.47 Å². The lowest BCUT2D eigenvalue weighted by Crippen LogP contribution is -2.27. The molecule has 0 unspecified atom stereocenters. The van der Waals surface area contributed by atoms with Crippen molar-refractivity contribution in [3.63, 3.8) is 0 Å². The van der Waals surface area contributed by atoms with Gasteiger partial charge in [0.25, 0.3) is 11.1 Å². The summed E-state index contributed by atoms with van der Waals surface area (Å²) in [6.45, 7) is 8.42. The molecule has 6 aromatic rings. The number of aryl methyl sites for hydroxylation is 6. The van der Waals surface area contributed by atoms with Crippen molar-refractivity contribution in [2.75, 3.05) is 14.2 Å². The first-order valence-corrected chi connectivity index (χ1v) is 13.7. The van der Waals surface area contributed by atoms with Crippen molar-refractivity contribution in [2.24, 2.45) is 0 Å². The zero-order chi connectivity index (χ0) is 29.0. The van der Waals surface area contributed by atoms with Crippen molar-refractivity contribution in [2.45, 2.75) is 60.0 Å². The van der Waals surface area contributed by atoms with Gasteiger partial charge in [0, 0.05) is 38.1 Å². The molecule has 0 amide bonds. The molecule has 0 aliphatic carbocycles. The van der Waals surface area contributed by atoms with Gasteiger partial charge in [-0.05, 0) is 32.4 Å². The van der Waals surface area contributed by atoms with Crippen LogP contribution in [0.15, 0.2) is 33.9 Å². The molecule has 41 heavy (non-hydrogen) atoms. The topological polar surface area (TPSA) is 123 Å². The molecule has 212 valence electrons. The van der Waals surface area contributed by atoms with Crippen LogP contribution in [0.4, 0.5) is 0 Å². The maximum atomic E-state index is 13.8. The summed E-state index contributed by atoms with van der Waals surface area (Å²) in [4.78, 5) is 46.3. The fourth-order valence-electron chi connectivity index (χ4n) is 5.74. The lowest BCUT2D eigenvalue weighted by Gasteiger charge is -2.16. The van der Waals surface area contributed by atoms with Crippen LogP contribution < -0.4 is 20.6 Å². The standard InChI is InChI=1S/C29H32N8O4/c1-7-20-30-16(3)24-28(38)34(18-10-12-22(40-5)32-26(18)36(20)24)14-9-15-35-19-11-13-23(41-6)33-27(19)37-21(8-2)31-17(4)25(37)29(35)39/h10-13H,7-9,14-15H2,1-6H3. The number of methoxy groups -OCH3 is 2. The van der Waals surface area contributed by atoms with Gasteiger partial charge in [-0.25, -0.2) is 9.97 Å². The molecule has 6 aromatic heterocycles. The van der Waals surface area contributed by atoms with Crippen LogP contribution in [0.3, 0.4) is 0 Å². The summed E-state index contributed by atoms with van der Waals surface area (Å²) < 4.78 is 17.9. The smallest absolute Gasteiger partial charge is 0.277 e. The highest BCUT2D eigenvalue weighted by Crippen LogP contribution is 2.23. The van der Waals surface area contributed by atoms with E-state index in [4.69, 9.17) is 19.4 Å². The van der Waals surface area contributed by atoms with Crippen LogP contribution in [-0.4, -0.2) is 52.1 Å². The molecular formula is C29H32N8O4. The van der Waals surface area contributed by atoms with E-state index in [-0.39, 0.29) is 11.1 Å². The molecule has 0 N–H and O–H groups in total. The highest BCUT2D eigenvalue weighted by molar-refractivity contribution is 5.78. The summed E-state index contributed by atoms with van der Waals surface area (Å²) in [5.41, 5.74) is 4.58. The van der Waals surface area contributed by atoms with Crippen molar-refractivity contribution in [1.82, 2.24) is 37.9 Å². The van der Waals surface area contributed by atoms with Gasteiger partial charge in [-0.3, -0.25) is 18.4 Å². The average Bonchev–Trinajstić information content (AvgIpc) is 3.52. The van der Waals surface area contributed by atoms with Crippen molar-refractivity contribution in [1.29, 1.82) is 0 Å². The number of imidazole rings is 2. The van der Waals surface area contributed by atoms with E-state index in [0.717, 1.165) is 11.6 Å². The Morgan fingerprint density at radius 2 is 1.07 bits per heavy atom. The van der Waals surface area contributed by atoms with E-state index in [1.54, 1.807) is 35.5 Å². The van der Waals surface area contributed by atoms with Crippen molar-refractivity contribution in [3.8, 4) is 11.8 Å². The lowest BCUT2D eigenvalue weighted by atomic mass is 10.3. The Kier molecular flexibility index (Phi) is 6.47. The summed E-state index contributed by atoms with van der Waals surface area (Å²) in [7, 11) is 3.13. The molecule has 0 saturated heterocycles. The fraction of sp³-hybridized carbons (Fsp3) is 0.379. The molecule has 6 rings (SSSR count). The van der Waals surface area contributed by atoms with E-state index in [1.165, 1.54) is 0 Å². The van der Waals surface area contributed by atoms with Crippen LogP contribution in [0, 0.1) is 13.8 Å². The Morgan fingerprint density at radius 3 is 1.44 bits per heavy atom. The summed E-state index contributed by atoms with van der Waals surface area (Å²) >= 11 is 0. The number of hydrogen-bond donors (Lipinski definition) is 0. The Morgan fingerprint density at radius 1 is 0.659 bits per heavy atom. The molecule has 12 heteroatoms. The SMILES string of the molecule is CCc1nc(C)c2c(=O)n(CCCn3c(=O)c4c(C)nc(CC)n4c4nc(OC)ccc43)c3ccc(OC)nc3n12. The molecule has 0 radical (unpaired) electrons. The Hall–Kier alpha value is -4.74. The normalized spacial score (nSPS) is 11.9. The van der Waals surface area contributed by atoms with Crippen LogP contribution in [0.5, 0.6) is 11.8 Å². The summed E-state index contributed by atoms with van der Waals surface area (Å²) in [5, 5.41) is 0. The van der Waals surface area contributed by atoms with Crippen LogP contribution in [0.2, 0.25) is 0 Å². The third-order valence-corrected chi connectivity index (χ3v) is 7.62. The number of pyridine rings is 2. The van der Waals surface area contributed by atoms with E-state index in [0.29, 0.717) is 88.9 Å². The number of aromatic nitrogens is 8. The van der Waals surface area contributed by atoms with Gasteiger partial charge >= 0.3 is 0 Å². The second kappa shape index (κ2) is 10.0. The van der Waals surface area contributed by atoms with Gasteiger partial charge in [0.2, 0.25) is 11.8 Å². The summed E-state index contributed by atoms with van der Waals surface area (Å²) in [6.07, 6.45) is 1.81. The van der Waals surface area contributed by atoms with E-state index in [9.17, 15) is 9.59 Å². The van der Waals surface area contributed by atoms with Gasteiger partial charge in [-0.1, -0.05) is 13.8 Å². The van der Waals surface area contributed by atoms with Crippen LogP contribution in [0.1, 0.15) is 43.3 Å². The first-order chi connectivity index (χ1) is 19.8. The largest absolute Gasteiger partial charge is 0.481 e. The highest BCUT2D eigenvalue weighted by Gasteiger charge is 2.21. The van der Waals surface area contributed by atoms with Gasteiger partial charge in [-0.15, -0.1) is 0 Å². The first-order valence-electron chi connectivity index (χ1n) is 13.7. The molecule has 12 nitrogen and oxygen atoms in total. The predicted octanol–water partition coefficient (Wildman–Crippen LogP) is 3.25. The van der Waals surface area contributed by atoms with Gasteiger partial charge in [0.05, 0.1) is 36.6 Å². The zero-order valence-electron chi connectivity index (χ0n) is 24.1. The minimum atomic E-state index is -0.146. The van der Waals surface area contributed by atoms with Crippen LogP contribution in [-0.2, 0) is 25.9 Å². The second-order valence-electron chi connectivity index (χ2n) is 9.96. The van der Waals surface area contributed by atoms with Gasteiger partial charge < -0.3 is 18.6 Å². The Balaban J connectivity index is 1.48. The second-order valence-corrected chi connectivity index (χ2v) is 9.96. The molecule has 0 bridgehead atoms. The van der Waals surface area contributed by atoms with Crippen LogP contribution in [0.25, 0.3) is 33.4 Å². The minimum Gasteiger partial charge on any atom is -0.481 e. The number of hydrogen-bond acceptors (Lipinski definition) is 8. The third-order valence-electron chi connectivity index (χ3n) is 7.62. The third kappa shape index (κ3) is 3.96. The zero-order valence-corrected chi connectivity index (χ0v) is 24.1. The molecule has 0 spiro atoms. The van der Waals surface area contributed by atoms with Gasteiger partial charge in [-0.2, -0.15) is 9.97 Å². The van der Waals surface area contributed by atoms with E-state index >= 15 is 0 Å². The van der Waals surface area contributed by atoms with E-state index in [2.05, 4.69) is 9.97 Å². The molecule has 0 fully saturated rings. The molecule has 0 aliphatic heterocycles. The predicted molar refractivity (Wildman–Crippen MR) is 155 cm³/mol. The number of rotatable bonds is 8. The maximum absolute atomic E-state index is 13.8.